The first-order chi connectivity index (χ1) is 7.20. The van der Waals surface area contributed by atoms with Gasteiger partial charge >= 0.3 is 0 Å². The summed E-state index contributed by atoms with van der Waals surface area (Å²) >= 11 is 5.88. The van der Waals surface area contributed by atoms with E-state index in [0.717, 1.165) is 37.4 Å². The average Bonchev–Trinajstić information content (AvgIpc) is 2.27. The van der Waals surface area contributed by atoms with Crippen molar-refractivity contribution < 1.29 is 4.39 Å². The van der Waals surface area contributed by atoms with Crippen molar-refractivity contribution in [3.05, 3.63) is 28.5 Å². The average molecular weight is 229 g/mol. The SMILES string of the molecule is Cc1c(N2CCNCC2)ccc(F)c1Cl. The predicted octanol–water partition coefficient (Wildman–Crippen LogP) is 2.20. The van der Waals surface area contributed by atoms with Crippen LogP contribution in [0, 0.1) is 12.7 Å². The van der Waals surface area contributed by atoms with Gasteiger partial charge in [0, 0.05) is 31.9 Å². The molecule has 0 radical (unpaired) electrons. The van der Waals surface area contributed by atoms with Gasteiger partial charge < -0.3 is 10.2 Å². The zero-order chi connectivity index (χ0) is 10.8. The van der Waals surface area contributed by atoms with E-state index in [0.29, 0.717) is 0 Å². The molecule has 0 bridgehead atoms. The van der Waals surface area contributed by atoms with Gasteiger partial charge in [0.15, 0.2) is 0 Å². The number of anilines is 1. The van der Waals surface area contributed by atoms with E-state index in [1.54, 1.807) is 0 Å². The van der Waals surface area contributed by atoms with Gasteiger partial charge in [-0.3, -0.25) is 0 Å². The van der Waals surface area contributed by atoms with Gasteiger partial charge in [0.2, 0.25) is 0 Å². The summed E-state index contributed by atoms with van der Waals surface area (Å²) in [5.74, 6) is -0.340. The van der Waals surface area contributed by atoms with E-state index in [2.05, 4.69) is 10.2 Å². The molecule has 0 amide bonds. The van der Waals surface area contributed by atoms with Crippen LogP contribution in [-0.4, -0.2) is 26.2 Å². The molecule has 0 aromatic heterocycles. The molecule has 1 aliphatic heterocycles. The van der Waals surface area contributed by atoms with Crippen molar-refractivity contribution in [1.82, 2.24) is 5.32 Å². The van der Waals surface area contributed by atoms with E-state index < -0.39 is 0 Å². The molecule has 1 N–H and O–H groups in total. The van der Waals surface area contributed by atoms with Crippen LogP contribution in [-0.2, 0) is 0 Å². The summed E-state index contributed by atoms with van der Waals surface area (Å²) in [6.07, 6.45) is 0. The molecule has 0 unspecified atom stereocenters. The number of hydrogen-bond donors (Lipinski definition) is 1. The third-order valence-electron chi connectivity index (χ3n) is 2.77. The lowest BCUT2D eigenvalue weighted by Gasteiger charge is -2.31. The molecule has 1 heterocycles. The van der Waals surface area contributed by atoms with Crippen molar-refractivity contribution in [2.45, 2.75) is 6.92 Å². The van der Waals surface area contributed by atoms with Crippen molar-refractivity contribution >= 4 is 17.3 Å². The lowest BCUT2D eigenvalue weighted by atomic mass is 10.1. The van der Waals surface area contributed by atoms with Gasteiger partial charge in [-0.15, -0.1) is 0 Å². The predicted molar refractivity (Wildman–Crippen MR) is 61.2 cm³/mol. The smallest absolute Gasteiger partial charge is 0.142 e. The molecular formula is C11H14ClFN2. The first-order valence-corrected chi connectivity index (χ1v) is 5.48. The van der Waals surface area contributed by atoms with Gasteiger partial charge in [-0.05, 0) is 24.6 Å². The first-order valence-electron chi connectivity index (χ1n) is 5.10. The molecule has 1 fully saturated rings. The fourth-order valence-corrected chi connectivity index (χ4v) is 2.05. The Bertz CT molecular complexity index is 362. The molecule has 1 aromatic carbocycles. The van der Waals surface area contributed by atoms with Crippen LogP contribution in [0.2, 0.25) is 5.02 Å². The van der Waals surface area contributed by atoms with Crippen LogP contribution in [0.4, 0.5) is 10.1 Å². The van der Waals surface area contributed by atoms with E-state index in [4.69, 9.17) is 11.6 Å². The zero-order valence-electron chi connectivity index (χ0n) is 8.69. The normalized spacial score (nSPS) is 16.9. The fraction of sp³-hybridized carbons (Fsp3) is 0.455. The second kappa shape index (κ2) is 4.37. The van der Waals surface area contributed by atoms with E-state index in [9.17, 15) is 4.39 Å². The lowest BCUT2D eigenvalue weighted by Crippen LogP contribution is -2.43. The van der Waals surface area contributed by atoms with Crippen LogP contribution in [0.5, 0.6) is 0 Å². The van der Waals surface area contributed by atoms with Crippen LogP contribution in [0.3, 0.4) is 0 Å². The summed E-state index contributed by atoms with van der Waals surface area (Å²) in [6.45, 7) is 5.69. The highest BCUT2D eigenvalue weighted by atomic mass is 35.5. The highest BCUT2D eigenvalue weighted by molar-refractivity contribution is 6.31. The maximum absolute atomic E-state index is 13.2. The van der Waals surface area contributed by atoms with Gasteiger partial charge in [-0.2, -0.15) is 0 Å². The second-order valence-corrected chi connectivity index (χ2v) is 4.12. The van der Waals surface area contributed by atoms with Crippen LogP contribution in [0.25, 0.3) is 0 Å². The Hall–Kier alpha value is -0.800. The standard InChI is InChI=1S/C11H14ClFN2/c1-8-10(3-2-9(13)11(8)12)15-6-4-14-5-7-15/h2-3,14H,4-7H2,1H3. The molecule has 0 aliphatic carbocycles. The Morgan fingerprint density at radius 1 is 1.33 bits per heavy atom. The molecule has 1 aromatic rings. The molecule has 1 saturated heterocycles. The molecule has 82 valence electrons. The number of rotatable bonds is 1. The fourth-order valence-electron chi connectivity index (χ4n) is 1.89. The Morgan fingerprint density at radius 2 is 2.00 bits per heavy atom. The van der Waals surface area contributed by atoms with Gasteiger partial charge in [0.05, 0.1) is 5.02 Å². The number of nitrogens with one attached hydrogen (secondary N) is 1. The van der Waals surface area contributed by atoms with Crippen molar-refractivity contribution in [1.29, 1.82) is 0 Å². The van der Waals surface area contributed by atoms with Crippen molar-refractivity contribution in [3.63, 3.8) is 0 Å². The van der Waals surface area contributed by atoms with E-state index >= 15 is 0 Å². The maximum Gasteiger partial charge on any atom is 0.142 e. The highest BCUT2D eigenvalue weighted by Gasteiger charge is 2.15. The Kier molecular flexibility index (Phi) is 3.12. The summed E-state index contributed by atoms with van der Waals surface area (Å²) in [4.78, 5) is 2.23. The Labute approximate surface area is 94.0 Å². The Morgan fingerprint density at radius 3 is 2.67 bits per heavy atom. The number of benzene rings is 1. The molecule has 2 rings (SSSR count). The van der Waals surface area contributed by atoms with Gasteiger partial charge in [0.1, 0.15) is 5.82 Å². The van der Waals surface area contributed by atoms with Crippen LogP contribution in [0.15, 0.2) is 12.1 Å². The molecule has 15 heavy (non-hydrogen) atoms. The van der Waals surface area contributed by atoms with Gasteiger partial charge in [-0.1, -0.05) is 11.6 Å². The van der Waals surface area contributed by atoms with E-state index in [-0.39, 0.29) is 10.8 Å². The van der Waals surface area contributed by atoms with E-state index in [1.165, 1.54) is 6.07 Å². The quantitative estimate of drug-likeness (QED) is 0.793. The van der Waals surface area contributed by atoms with Crippen LogP contribution >= 0.6 is 11.6 Å². The zero-order valence-corrected chi connectivity index (χ0v) is 9.44. The largest absolute Gasteiger partial charge is 0.369 e. The van der Waals surface area contributed by atoms with Crippen molar-refractivity contribution in [3.8, 4) is 0 Å². The van der Waals surface area contributed by atoms with Crippen LogP contribution < -0.4 is 10.2 Å². The first kappa shape index (κ1) is 10.7. The van der Waals surface area contributed by atoms with Crippen LogP contribution in [0.1, 0.15) is 5.56 Å². The van der Waals surface area contributed by atoms with Gasteiger partial charge in [0.25, 0.3) is 0 Å². The number of nitrogens with zero attached hydrogens (tertiary/aromatic N) is 1. The number of piperazine rings is 1. The van der Waals surface area contributed by atoms with Crippen molar-refractivity contribution in [2.75, 3.05) is 31.1 Å². The minimum Gasteiger partial charge on any atom is -0.369 e. The third-order valence-corrected chi connectivity index (χ3v) is 3.23. The summed E-state index contributed by atoms with van der Waals surface area (Å²) in [5, 5.41) is 3.52. The molecule has 0 saturated carbocycles. The highest BCUT2D eigenvalue weighted by Crippen LogP contribution is 2.29. The summed E-state index contributed by atoms with van der Waals surface area (Å²) in [6, 6.07) is 3.24. The summed E-state index contributed by atoms with van der Waals surface area (Å²) in [5.41, 5.74) is 1.88. The summed E-state index contributed by atoms with van der Waals surface area (Å²) < 4.78 is 13.2. The second-order valence-electron chi connectivity index (χ2n) is 3.74. The molecule has 0 atom stereocenters. The maximum atomic E-state index is 13.2. The summed E-state index contributed by atoms with van der Waals surface area (Å²) in [7, 11) is 0. The Balaban J connectivity index is 2.31. The topological polar surface area (TPSA) is 15.3 Å². The molecule has 0 spiro atoms. The minimum absolute atomic E-state index is 0.242. The molecular weight excluding hydrogens is 215 g/mol. The van der Waals surface area contributed by atoms with Gasteiger partial charge in [-0.25, -0.2) is 4.39 Å². The van der Waals surface area contributed by atoms with Crippen molar-refractivity contribution in [2.24, 2.45) is 0 Å². The number of halogens is 2. The monoisotopic (exact) mass is 228 g/mol. The lowest BCUT2D eigenvalue weighted by molar-refractivity contribution is 0.586. The van der Waals surface area contributed by atoms with E-state index in [1.807, 2.05) is 13.0 Å². The minimum atomic E-state index is -0.340. The number of hydrogen-bond acceptors (Lipinski definition) is 2. The third kappa shape index (κ3) is 2.08. The molecule has 4 heteroatoms. The molecule has 2 nitrogen and oxygen atoms in total. The molecule has 1 aliphatic rings.